The minimum Gasteiger partial charge on any atom is -0.457 e. The molecule has 0 saturated carbocycles. The van der Waals surface area contributed by atoms with E-state index in [-0.39, 0.29) is 10.7 Å². The van der Waals surface area contributed by atoms with E-state index < -0.39 is 4.92 Å². The van der Waals surface area contributed by atoms with Crippen molar-refractivity contribution >= 4 is 40.3 Å². The summed E-state index contributed by atoms with van der Waals surface area (Å²) in [5.74, 6) is 0.899. The highest BCUT2D eigenvalue weighted by Gasteiger charge is 2.14. The number of aryl methyl sites for hydroxylation is 1. The zero-order valence-electron chi connectivity index (χ0n) is 16.2. The number of non-ortho nitro benzene ring substituents is 1. The van der Waals surface area contributed by atoms with Gasteiger partial charge in [0.25, 0.3) is 5.69 Å². The Morgan fingerprint density at radius 2 is 2.00 bits per heavy atom. The third-order valence-corrected chi connectivity index (χ3v) is 5.73. The van der Waals surface area contributed by atoms with Gasteiger partial charge in [-0.05, 0) is 25.1 Å². The molecule has 0 atom stereocenters. The number of nitrogens with zero attached hydrogens (tertiary/aromatic N) is 3. The van der Waals surface area contributed by atoms with Crippen molar-refractivity contribution in [2.24, 2.45) is 0 Å². The van der Waals surface area contributed by atoms with Crippen LogP contribution in [0.3, 0.4) is 0 Å². The van der Waals surface area contributed by atoms with Crippen LogP contribution in [0.2, 0.25) is 5.02 Å². The maximum atomic E-state index is 10.9. The lowest BCUT2D eigenvalue weighted by molar-refractivity contribution is -0.384. The van der Waals surface area contributed by atoms with Crippen molar-refractivity contribution in [3.8, 4) is 28.7 Å². The van der Waals surface area contributed by atoms with E-state index in [1.807, 2.05) is 36.6 Å². The first kappa shape index (κ1) is 20.5. The van der Waals surface area contributed by atoms with E-state index in [0.717, 1.165) is 11.3 Å². The largest absolute Gasteiger partial charge is 0.457 e. The van der Waals surface area contributed by atoms with Gasteiger partial charge in [0.1, 0.15) is 22.6 Å². The standard InChI is InChI=1S/C23H14ClN3O3S/c1-14-2-4-15(5-3-14)21-13-31-23(26-21)16(12-25)10-18-7-9-22(30-18)19-8-6-17(27(28)29)11-20(19)24/h2-11,13H,1H3/b16-10+. The molecule has 0 amide bonds. The predicted octanol–water partition coefficient (Wildman–Crippen LogP) is 7.00. The Balaban J connectivity index is 1.62. The number of thiazole rings is 1. The number of nitriles is 1. The molecule has 0 N–H and O–H groups in total. The van der Waals surface area contributed by atoms with Crippen molar-refractivity contribution < 1.29 is 9.34 Å². The van der Waals surface area contributed by atoms with E-state index in [4.69, 9.17) is 16.0 Å². The van der Waals surface area contributed by atoms with Crippen molar-refractivity contribution in [1.82, 2.24) is 4.98 Å². The molecule has 0 spiro atoms. The Morgan fingerprint density at radius 1 is 1.23 bits per heavy atom. The second-order valence-corrected chi connectivity index (χ2v) is 7.96. The quantitative estimate of drug-likeness (QED) is 0.186. The van der Waals surface area contributed by atoms with Crippen molar-refractivity contribution in [3.05, 3.63) is 91.4 Å². The number of halogens is 1. The van der Waals surface area contributed by atoms with E-state index in [9.17, 15) is 15.4 Å². The van der Waals surface area contributed by atoms with Gasteiger partial charge in [-0.25, -0.2) is 4.98 Å². The van der Waals surface area contributed by atoms with Crippen LogP contribution in [-0.2, 0) is 0 Å². The number of nitro benzene ring substituents is 1. The molecule has 152 valence electrons. The molecule has 0 aliphatic heterocycles. The molecule has 0 fully saturated rings. The molecule has 2 aromatic carbocycles. The molecule has 0 aliphatic carbocycles. The second-order valence-electron chi connectivity index (χ2n) is 6.70. The zero-order chi connectivity index (χ0) is 22.0. The highest BCUT2D eigenvalue weighted by atomic mass is 35.5. The summed E-state index contributed by atoms with van der Waals surface area (Å²) in [6.07, 6.45) is 1.61. The Morgan fingerprint density at radius 3 is 2.68 bits per heavy atom. The lowest BCUT2D eigenvalue weighted by Gasteiger charge is -2.00. The molecule has 0 unspecified atom stereocenters. The highest BCUT2D eigenvalue weighted by molar-refractivity contribution is 7.11. The number of benzene rings is 2. The number of hydrogen-bond donors (Lipinski definition) is 0. The number of nitro groups is 1. The van der Waals surface area contributed by atoms with Crippen LogP contribution in [0.15, 0.2) is 64.4 Å². The van der Waals surface area contributed by atoms with Gasteiger partial charge in [-0.2, -0.15) is 5.26 Å². The Kier molecular flexibility index (Phi) is 5.67. The van der Waals surface area contributed by atoms with E-state index in [2.05, 4.69) is 11.1 Å². The second kappa shape index (κ2) is 8.56. The zero-order valence-corrected chi connectivity index (χ0v) is 17.8. The van der Waals surface area contributed by atoms with Crippen LogP contribution in [-0.4, -0.2) is 9.91 Å². The van der Waals surface area contributed by atoms with Gasteiger partial charge in [-0.15, -0.1) is 11.3 Å². The average molecular weight is 448 g/mol. The lowest BCUT2D eigenvalue weighted by atomic mass is 10.1. The fourth-order valence-electron chi connectivity index (χ4n) is 2.93. The smallest absolute Gasteiger partial charge is 0.270 e. The van der Waals surface area contributed by atoms with Gasteiger partial charge in [0.15, 0.2) is 0 Å². The summed E-state index contributed by atoms with van der Waals surface area (Å²) in [6, 6.07) is 17.8. The van der Waals surface area contributed by atoms with Gasteiger partial charge in [-0.1, -0.05) is 41.4 Å². The summed E-state index contributed by atoms with van der Waals surface area (Å²) in [7, 11) is 0. The van der Waals surface area contributed by atoms with Crippen LogP contribution in [0.25, 0.3) is 34.2 Å². The number of allylic oxidation sites excluding steroid dienone is 1. The number of rotatable bonds is 5. The van der Waals surface area contributed by atoms with Gasteiger partial charge in [0, 0.05) is 34.7 Å². The fourth-order valence-corrected chi connectivity index (χ4v) is 3.99. The van der Waals surface area contributed by atoms with Crippen molar-refractivity contribution in [3.63, 3.8) is 0 Å². The number of furan rings is 1. The van der Waals surface area contributed by atoms with Crippen molar-refractivity contribution in [2.45, 2.75) is 6.92 Å². The number of aromatic nitrogens is 1. The summed E-state index contributed by atoms with van der Waals surface area (Å²) < 4.78 is 5.80. The first-order valence-electron chi connectivity index (χ1n) is 9.13. The van der Waals surface area contributed by atoms with Crippen molar-refractivity contribution in [1.29, 1.82) is 5.26 Å². The molecular weight excluding hydrogens is 434 g/mol. The molecule has 4 aromatic rings. The molecule has 31 heavy (non-hydrogen) atoms. The molecule has 8 heteroatoms. The van der Waals surface area contributed by atoms with Crippen LogP contribution in [0, 0.1) is 28.4 Å². The van der Waals surface area contributed by atoms with E-state index in [1.165, 1.54) is 35.1 Å². The maximum Gasteiger partial charge on any atom is 0.270 e. The first-order chi connectivity index (χ1) is 14.9. The van der Waals surface area contributed by atoms with Crippen LogP contribution >= 0.6 is 22.9 Å². The highest BCUT2D eigenvalue weighted by Crippen LogP contribution is 2.33. The van der Waals surface area contributed by atoms with Gasteiger partial charge < -0.3 is 4.42 Å². The van der Waals surface area contributed by atoms with Gasteiger partial charge in [-0.3, -0.25) is 10.1 Å². The van der Waals surface area contributed by atoms with Crippen LogP contribution in [0.4, 0.5) is 5.69 Å². The van der Waals surface area contributed by atoms with Crippen LogP contribution in [0.1, 0.15) is 16.3 Å². The van der Waals surface area contributed by atoms with Gasteiger partial charge >= 0.3 is 0 Å². The minimum atomic E-state index is -0.510. The van der Waals surface area contributed by atoms with Crippen LogP contribution in [0.5, 0.6) is 0 Å². The van der Waals surface area contributed by atoms with Crippen LogP contribution < -0.4 is 0 Å². The minimum absolute atomic E-state index is 0.0969. The third-order valence-electron chi connectivity index (χ3n) is 4.54. The lowest BCUT2D eigenvalue weighted by Crippen LogP contribution is -1.88. The molecule has 0 bridgehead atoms. The molecule has 2 aromatic heterocycles. The van der Waals surface area contributed by atoms with E-state index >= 15 is 0 Å². The average Bonchev–Trinajstić information content (AvgIpc) is 3.42. The molecule has 4 rings (SSSR count). The summed E-state index contributed by atoms with van der Waals surface area (Å²) in [5, 5.41) is 23.2. The molecule has 6 nitrogen and oxygen atoms in total. The monoisotopic (exact) mass is 447 g/mol. The Bertz CT molecular complexity index is 1350. The third kappa shape index (κ3) is 4.40. The van der Waals surface area contributed by atoms with Gasteiger partial charge in [0.2, 0.25) is 0 Å². The first-order valence-corrected chi connectivity index (χ1v) is 10.4. The Labute approximate surface area is 186 Å². The van der Waals surface area contributed by atoms with Crippen molar-refractivity contribution in [2.75, 3.05) is 0 Å². The fraction of sp³-hybridized carbons (Fsp3) is 0.0435. The molecule has 0 radical (unpaired) electrons. The summed E-state index contributed by atoms with van der Waals surface area (Å²) >= 11 is 7.56. The summed E-state index contributed by atoms with van der Waals surface area (Å²) in [5.41, 5.74) is 3.76. The number of hydrogen-bond acceptors (Lipinski definition) is 6. The topological polar surface area (TPSA) is 93.0 Å². The SMILES string of the molecule is Cc1ccc(-c2csc(/C(C#N)=C/c3ccc(-c4ccc([N+](=O)[O-])cc4Cl)o3)n2)cc1. The normalized spacial score (nSPS) is 11.3. The van der Waals surface area contributed by atoms with E-state index in [0.29, 0.717) is 27.7 Å². The maximum absolute atomic E-state index is 10.9. The molecular formula is C23H14ClN3O3S. The van der Waals surface area contributed by atoms with Gasteiger partial charge in [0.05, 0.1) is 21.2 Å². The Hall–Kier alpha value is -3.73. The summed E-state index contributed by atoms with van der Waals surface area (Å²) in [6.45, 7) is 2.02. The summed E-state index contributed by atoms with van der Waals surface area (Å²) in [4.78, 5) is 15.0. The molecule has 2 heterocycles. The molecule has 0 aliphatic rings. The van der Waals surface area contributed by atoms with E-state index in [1.54, 1.807) is 18.2 Å². The predicted molar refractivity (Wildman–Crippen MR) is 122 cm³/mol. The molecule has 0 saturated heterocycles.